The smallest absolute Gasteiger partial charge is 0.419 e. The predicted molar refractivity (Wildman–Crippen MR) is 179 cm³/mol. The number of rotatable bonds is 11. The number of alkyl halides is 3. The van der Waals surface area contributed by atoms with Gasteiger partial charge in [0, 0.05) is 30.8 Å². The molecule has 256 valence electrons. The molecule has 0 unspecified atom stereocenters. The van der Waals surface area contributed by atoms with Crippen LogP contribution in [0.3, 0.4) is 0 Å². The summed E-state index contributed by atoms with van der Waals surface area (Å²) in [6, 6.07) is 3.49. The van der Waals surface area contributed by atoms with E-state index in [1.54, 1.807) is 38.3 Å². The first-order chi connectivity index (χ1) is 21.6. The van der Waals surface area contributed by atoms with Crippen LogP contribution in [0, 0.1) is 11.2 Å². The molecule has 1 aliphatic heterocycles. The van der Waals surface area contributed by atoms with Gasteiger partial charge in [-0.15, -0.1) is 11.3 Å². The Bertz CT molecular complexity index is 1560. The first-order valence-corrected chi connectivity index (χ1v) is 16.7. The highest BCUT2D eigenvalue weighted by Crippen LogP contribution is 2.37. The Labute approximate surface area is 284 Å². The predicted octanol–water partition coefficient (Wildman–Crippen LogP) is 7.57. The summed E-state index contributed by atoms with van der Waals surface area (Å²) >= 11 is 7.57. The first kappa shape index (κ1) is 38.2. The van der Waals surface area contributed by atoms with Gasteiger partial charge in [0.2, 0.25) is 5.91 Å². The highest BCUT2D eigenvalue weighted by Gasteiger charge is 2.35. The summed E-state index contributed by atoms with van der Waals surface area (Å²) in [5.74, 6) is -2.36. The Kier molecular flexibility index (Phi) is 12.4. The summed E-state index contributed by atoms with van der Waals surface area (Å²) in [5, 5.41) is 6.92. The summed E-state index contributed by atoms with van der Waals surface area (Å²) in [4.78, 5) is 53.1. The summed E-state index contributed by atoms with van der Waals surface area (Å²) in [7, 11) is 0. The molecule has 3 amide bonds. The van der Waals surface area contributed by atoms with Crippen LogP contribution in [0.15, 0.2) is 34.6 Å². The summed E-state index contributed by atoms with van der Waals surface area (Å²) in [6.45, 7) is 10.9. The van der Waals surface area contributed by atoms with E-state index in [4.69, 9.17) is 17.0 Å². The van der Waals surface area contributed by atoms with Gasteiger partial charge >= 0.3 is 12.3 Å². The van der Waals surface area contributed by atoms with Crippen molar-refractivity contribution in [1.82, 2.24) is 15.5 Å². The van der Waals surface area contributed by atoms with Gasteiger partial charge < -0.3 is 15.4 Å². The number of thioether (sulfide) groups is 1. The van der Waals surface area contributed by atoms with E-state index >= 15 is 0 Å². The van der Waals surface area contributed by atoms with E-state index in [9.17, 15) is 36.7 Å². The lowest BCUT2D eigenvalue weighted by molar-refractivity contribution is -0.140. The Hall–Kier alpha value is -3.30. The number of thiocarbonyl (C=S) groups is 1. The van der Waals surface area contributed by atoms with Crippen molar-refractivity contribution in [3.05, 3.63) is 50.8 Å². The van der Waals surface area contributed by atoms with Crippen LogP contribution in [-0.4, -0.2) is 57.6 Å². The van der Waals surface area contributed by atoms with E-state index in [1.165, 1.54) is 22.3 Å². The number of carbonyl (C=O) groups is 4. The number of ether oxygens (including phenoxy) is 1. The zero-order valence-electron chi connectivity index (χ0n) is 26.8. The van der Waals surface area contributed by atoms with Gasteiger partial charge in [-0.05, 0) is 73.4 Å². The number of hydrogen-bond donors (Lipinski definition) is 2. The van der Waals surface area contributed by atoms with Gasteiger partial charge in [-0.1, -0.05) is 50.8 Å². The zero-order valence-corrected chi connectivity index (χ0v) is 29.3. The minimum Gasteiger partial charge on any atom is -0.444 e. The standard InChI is InChI=1S/C32H37F4N3O5S3/c1-30(2,3)16-24(40)23(38-28(43)44-31(4,5)6)9-11-37-26(41)10-12-39-27(42)25(47-29(39)45)15-20-13-19(17-46-20)18-7-8-22(33)21(14-18)32(34,35)36/h7-8,13-15,17,23H,9-12,16H2,1-6H3,(H,37,41)(H,38,43)/b25-15-/t23-/m0/s1. The molecule has 8 nitrogen and oxygen atoms in total. The van der Waals surface area contributed by atoms with Gasteiger partial charge in [0.15, 0.2) is 5.78 Å². The number of carbonyl (C=O) groups excluding carboxylic acids is 4. The second-order valence-electron chi connectivity index (χ2n) is 13.1. The Morgan fingerprint density at radius 2 is 1.74 bits per heavy atom. The maximum Gasteiger partial charge on any atom is 0.419 e. The van der Waals surface area contributed by atoms with Crippen LogP contribution in [0.25, 0.3) is 17.2 Å². The summed E-state index contributed by atoms with van der Waals surface area (Å²) in [5.41, 5.74) is -1.81. The fourth-order valence-corrected chi connectivity index (χ4v) is 6.61. The maximum atomic E-state index is 13.7. The molecule has 1 saturated heterocycles. The monoisotopic (exact) mass is 715 g/mol. The largest absolute Gasteiger partial charge is 0.444 e. The number of benzene rings is 1. The molecule has 1 aliphatic rings. The fraction of sp³-hybridized carbons (Fsp3) is 0.469. The second-order valence-corrected chi connectivity index (χ2v) is 15.7. The van der Waals surface area contributed by atoms with Crippen LogP contribution in [0.2, 0.25) is 0 Å². The van der Waals surface area contributed by atoms with E-state index in [0.717, 1.165) is 23.9 Å². The average Bonchev–Trinajstić information content (AvgIpc) is 3.48. The van der Waals surface area contributed by atoms with Crippen molar-refractivity contribution in [2.45, 2.75) is 78.6 Å². The van der Waals surface area contributed by atoms with Crippen LogP contribution >= 0.6 is 35.3 Å². The molecule has 2 N–H and O–H groups in total. The van der Waals surface area contributed by atoms with Crippen LogP contribution in [0.5, 0.6) is 0 Å². The molecule has 47 heavy (non-hydrogen) atoms. The van der Waals surface area contributed by atoms with Crippen molar-refractivity contribution >= 4 is 69.4 Å². The molecule has 0 aliphatic carbocycles. The average molecular weight is 716 g/mol. The van der Waals surface area contributed by atoms with Gasteiger partial charge in [-0.25, -0.2) is 9.18 Å². The van der Waals surface area contributed by atoms with Gasteiger partial charge in [0.05, 0.1) is 16.5 Å². The number of Topliss-reactive ketones (excluding diaryl/α,β-unsaturated/α-hetero) is 1. The molecule has 2 heterocycles. The van der Waals surface area contributed by atoms with Crippen molar-refractivity contribution < 1.29 is 41.5 Å². The summed E-state index contributed by atoms with van der Waals surface area (Å²) < 4.78 is 58.7. The second kappa shape index (κ2) is 15.3. The molecule has 0 saturated carbocycles. The van der Waals surface area contributed by atoms with Crippen molar-refractivity contribution in [1.29, 1.82) is 0 Å². The quantitative estimate of drug-likeness (QED) is 0.141. The number of hydrogen-bond acceptors (Lipinski definition) is 8. The first-order valence-electron chi connectivity index (χ1n) is 14.6. The highest BCUT2D eigenvalue weighted by molar-refractivity contribution is 8.26. The number of amides is 3. The molecule has 1 aromatic heterocycles. The topological polar surface area (TPSA) is 105 Å². The molecule has 1 atom stereocenters. The number of halogens is 4. The lowest BCUT2D eigenvalue weighted by atomic mass is 9.87. The lowest BCUT2D eigenvalue weighted by Crippen LogP contribution is -2.46. The number of ketones is 1. The normalized spacial score (nSPS) is 15.6. The van der Waals surface area contributed by atoms with Crippen molar-refractivity contribution in [2.24, 2.45) is 5.41 Å². The molecule has 0 bridgehead atoms. The molecule has 0 spiro atoms. The SMILES string of the molecule is CC(C)(C)CC(=O)[C@H](CCNC(=O)CCN1C(=O)/C(=C/c2cc(-c3ccc(F)c(C(F)(F)F)c3)cs2)SC1=S)NC(=O)OC(C)(C)C. The third-order valence-corrected chi connectivity index (χ3v) is 8.73. The number of thiophene rings is 1. The molecule has 3 rings (SSSR count). The van der Waals surface area contributed by atoms with Crippen LogP contribution in [0.4, 0.5) is 22.4 Å². The third-order valence-electron chi connectivity index (χ3n) is 6.47. The lowest BCUT2D eigenvalue weighted by Gasteiger charge is -2.25. The molecule has 1 fully saturated rings. The maximum absolute atomic E-state index is 13.7. The molecular weight excluding hydrogens is 679 g/mol. The van der Waals surface area contributed by atoms with Gasteiger partial charge in [0.1, 0.15) is 15.7 Å². The molecule has 0 radical (unpaired) electrons. The zero-order chi connectivity index (χ0) is 35.3. The van der Waals surface area contributed by atoms with Crippen LogP contribution in [-0.2, 0) is 25.3 Å². The number of nitrogens with zero attached hydrogens (tertiary/aromatic N) is 1. The van der Waals surface area contributed by atoms with Gasteiger partial charge in [-0.3, -0.25) is 19.3 Å². The van der Waals surface area contributed by atoms with Crippen molar-refractivity contribution in [3.8, 4) is 11.1 Å². The minimum atomic E-state index is -4.84. The van der Waals surface area contributed by atoms with Gasteiger partial charge in [0.25, 0.3) is 5.91 Å². The van der Waals surface area contributed by atoms with E-state index < -0.39 is 41.2 Å². The molecule has 2 aromatic rings. The Morgan fingerprint density at radius 1 is 1.06 bits per heavy atom. The van der Waals surface area contributed by atoms with Crippen LogP contribution in [0.1, 0.15) is 71.2 Å². The van der Waals surface area contributed by atoms with E-state index in [2.05, 4.69) is 10.6 Å². The highest BCUT2D eigenvalue weighted by atomic mass is 32.2. The van der Waals surface area contributed by atoms with E-state index in [1.807, 2.05) is 20.8 Å². The third kappa shape index (κ3) is 11.7. The Balaban J connectivity index is 1.57. The number of nitrogens with one attached hydrogen (secondary N) is 2. The fourth-order valence-electron chi connectivity index (χ4n) is 4.39. The minimum absolute atomic E-state index is 0.00186. The van der Waals surface area contributed by atoms with E-state index in [0.29, 0.717) is 10.4 Å². The molecule has 15 heteroatoms. The van der Waals surface area contributed by atoms with Crippen molar-refractivity contribution in [3.63, 3.8) is 0 Å². The van der Waals surface area contributed by atoms with E-state index in [-0.39, 0.29) is 64.2 Å². The molecule has 1 aromatic carbocycles. The summed E-state index contributed by atoms with van der Waals surface area (Å²) in [6.07, 6.45) is -3.73. The number of alkyl carbamates (subject to hydrolysis) is 1. The Morgan fingerprint density at radius 3 is 2.36 bits per heavy atom. The van der Waals surface area contributed by atoms with Gasteiger partial charge in [-0.2, -0.15) is 13.2 Å². The van der Waals surface area contributed by atoms with Crippen LogP contribution < -0.4 is 10.6 Å². The molecular formula is C32H37F4N3O5S3. The van der Waals surface area contributed by atoms with Crippen molar-refractivity contribution in [2.75, 3.05) is 13.1 Å².